The van der Waals surface area contributed by atoms with Crippen LogP contribution < -0.4 is 24.3 Å². The van der Waals surface area contributed by atoms with Crippen molar-refractivity contribution >= 4 is 11.6 Å². The molecule has 3 fully saturated rings. The Morgan fingerprint density at radius 3 is 1.85 bits per heavy atom. The number of aliphatic imine (C=N–C) groups is 1. The van der Waals surface area contributed by atoms with Crippen molar-refractivity contribution in [3.63, 3.8) is 0 Å². The molecule has 0 spiro atoms. The molecule has 8 heteroatoms. The zero-order valence-electron chi connectivity index (χ0n) is 24.2. The van der Waals surface area contributed by atoms with Gasteiger partial charge in [0, 0.05) is 19.2 Å². The molecule has 3 aromatic rings. The van der Waals surface area contributed by atoms with Crippen molar-refractivity contribution in [2.45, 2.75) is 32.5 Å². The summed E-state index contributed by atoms with van der Waals surface area (Å²) >= 11 is 0. The molecule has 3 saturated heterocycles. The summed E-state index contributed by atoms with van der Waals surface area (Å²) in [5, 5.41) is 3.19. The van der Waals surface area contributed by atoms with Gasteiger partial charge in [0.15, 0.2) is 11.5 Å². The zero-order valence-corrected chi connectivity index (χ0v) is 24.2. The molecule has 41 heavy (non-hydrogen) atoms. The number of nitrogens with one attached hydrogen (secondary N) is 1. The fourth-order valence-corrected chi connectivity index (χ4v) is 5.53. The third-order valence-electron chi connectivity index (χ3n) is 8.26. The molecule has 1 N–H and O–H groups in total. The molecule has 3 heterocycles. The zero-order chi connectivity index (χ0) is 28.7. The molecule has 0 unspecified atom stereocenters. The fraction of sp³-hybridized carbons (Fsp3) is 0.394. The smallest absolute Gasteiger partial charge is 0.270 e. The van der Waals surface area contributed by atoms with E-state index < -0.39 is 0 Å². The monoisotopic (exact) mass is 557 g/mol. The summed E-state index contributed by atoms with van der Waals surface area (Å²) in [6, 6.07) is 21.0. The molecule has 6 rings (SSSR count). The number of ether oxygens (including phenoxy) is 4. The van der Waals surface area contributed by atoms with Crippen LogP contribution in [0.25, 0.3) is 0 Å². The molecule has 0 aromatic heterocycles. The lowest BCUT2D eigenvalue weighted by Crippen LogP contribution is -2.53. The molecule has 8 nitrogen and oxygen atoms in total. The summed E-state index contributed by atoms with van der Waals surface area (Å²) in [5.41, 5.74) is 3.25. The number of piperidine rings is 3. The Balaban J connectivity index is 1.32. The molecular formula is C33H39N3O5. The van der Waals surface area contributed by atoms with Gasteiger partial charge >= 0.3 is 0 Å². The van der Waals surface area contributed by atoms with Gasteiger partial charge in [-0.3, -0.25) is 9.79 Å². The number of nitrogens with zero attached hydrogens (tertiary/aromatic N) is 2. The molecule has 1 amide bonds. The van der Waals surface area contributed by atoms with Gasteiger partial charge in [-0.1, -0.05) is 24.3 Å². The van der Waals surface area contributed by atoms with Crippen molar-refractivity contribution < 1.29 is 23.7 Å². The van der Waals surface area contributed by atoms with Crippen molar-refractivity contribution in [3.05, 3.63) is 83.4 Å². The van der Waals surface area contributed by atoms with Crippen molar-refractivity contribution in [2.24, 2.45) is 10.4 Å². The molecule has 0 atom stereocenters. The fourth-order valence-electron chi connectivity index (χ4n) is 5.53. The van der Waals surface area contributed by atoms with E-state index in [-0.39, 0.29) is 11.3 Å². The number of hydrogen-bond acceptors (Lipinski definition) is 7. The molecule has 2 bridgehead atoms. The van der Waals surface area contributed by atoms with Crippen LogP contribution in [-0.2, 0) is 18.0 Å². The molecule has 0 radical (unpaired) electrons. The molecular weight excluding hydrogens is 518 g/mol. The van der Waals surface area contributed by atoms with E-state index in [0.717, 1.165) is 61.5 Å². The van der Waals surface area contributed by atoms with E-state index in [2.05, 4.69) is 15.2 Å². The molecule has 3 aliphatic heterocycles. The van der Waals surface area contributed by atoms with Gasteiger partial charge in [0.1, 0.15) is 30.4 Å². The summed E-state index contributed by atoms with van der Waals surface area (Å²) in [6.07, 6.45) is 3.40. The lowest BCUT2D eigenvalue weighted by molar-refractivity contribution is -0.115. The van der Waals surface area contributed by atoms with Gasteiger partial charge in [-0.2, -0.15) is 0 Å². The normalized spacial score (nSPS) is 19.9. The number of carbonyl (C=O) groups excluding carboxylic acids is 1. The quantitative estimate of drug-likeness (QED) is 0.320. The molecule has 3 aromatic carbocycles. The van der Waals surface area contributed by atoms with Gasteiger partial charge in [-0.15, -0.1) is 0 Å². The molecule has 0 aliphatic carbocycles. The van der Waals surface area contributed by atoms with Gasteiger partial charge in [0.2, 0.25) is 0 Å². The molecule has 216 valence electrons. The number of carbonyl (C=O) groups is 1. The largest absolute Gasteiger partial charge is 0.497 e. The summed E-state index contributed by atoms with van der Waals surface area (Å²) in [4.78, 5) is 20.2. The minimum absolute atomic E-state index is 0.164. The highest BCUT2D eigenvalue weighted by molar-refractivity contribution is 6.45. The maximum atomic E-state index is 13.3. The molecule has 3 aliphatic rings. The lowest BCUT2D eigenvalue weighted by Gasteiger charge is -2.48. The van der Waals surface area contributed by atoms with E-state index in [4.69, 9.17) is 18.9 Å². The van der Waals surface area contributed by atoms with Crippen molar-refractivity contribution in [1.29, 1.82) is 0 Å². The van der Waals surface area contributed by atoms with Crippen LogP contribution in [0.5, 0.6) is 23.0 Å². The number of hydrogen-bond donors (Lipinski definition) is 1. The lowest BCUT2D eigenvalue weighted by atomic mass is 9.72. The van der Waals surface area contributed by atoms with Crippen LogP contribution in [0.4, 0.5) is 0 Å². The van der Waals surface area contributed by atoms with Crippen LogP contribution in [0.2, 0.25) is 0 Å². The predicted octanol–water partition coefficient (Wildman–Crippen LogP) is 4.88. The highest BCUT2D eigenvalue weighted by Crippen LogP contribution is 2.39. The van der Waals surface area contributed by atoms with E-state index in [0.29, 0.717) is 42.5 Å². The number of benzene rings is 3. The summed E-state index contributed by atoms with van der Waals surface area (Å²) in [5.74, 6) is 2.54. The van der Waals surface area contributed by atoms with Crippen LogP contribution in [0, 0.1) is 5.41 Å². The van der Waals surface area contributed by atoms with Gasteiger partial charge in [0.25, 0.3) is 5.91 Å². The minimum Gasteiger partial charge on any atom is -0.497 e. The maximum Gasteiger partial charge on any atom is 0.270 e. The Morgan fingerprint density at radius 1 is 0.805 bits per heavy atom. The second kappa shape index (κ2) is 13.1. The maximum absolute atomic E-state index is 13.3. The summed E-state index contributed by atoms with van der Waals surface area (Å²) in [6.45, 7) is 4.74. The summed E-state index contributed by atoms with van der Waals surface area (Å²) < 4.78 is 23.0. The number of fused-ring (bicyclic) bond motifs is 3. The van der Waals surface area contributed by atoms with Crippen LogP contribution >= 0.6 is 0 Å². The van der Waals surface area contributed by atoms with Gasteiger partial charge in [-0.05, 0) is 97.9 Å². The van der Waals surface area contributed by atoms with Gasteiger partial charge in [-0.25, -0.2) is 0 Å². The second-order valence-electron chi connectivity index (χ2n) is 10.8. The first-order chi connectivity index (χ1) is 20.0. The average molecular weight is 558 g/mol. The first-order valence-electron chi connectivity index (χ1n) is 14.1. The topological polar surface area (TPSA) is 81.6 Å². The average Bonchev–Trinajstić information content (AvgIpc) is 3.04. The third kappa shape index (κ3) is 7.00. The first kappa shape index (κ1) is 28.5. The number of amides is 1. The molecule has 0 saturated carbocycles. The van der Waals surface area contributed by atoms with Crippen molar-refractivity contribution in [2.75, 3.05) is 47.4 Å². The van der Waals surface area contributed by atoms with E-state index in [1.807, 2.05) is 66.7 Å². The minimum atomic E-state index is -0.164. The predicted molar refractivity (Wildman–Crippen MR) is 159 cm³/mol. The SMILES string of the molecule is CN=C(C(=O)NCC12CCN(CC1)CC2)c1ccc(OCc2ccc(OC)cc2)c(OCc2ccc(OC)cc2)c1. The summed E-state index contributed by atoms with van der Waals surface area (Å²) in [7, 11) is 4.94. The highest BCUT2D eigenvalue weighted by atomic mass is 16.5. The Kier molecular flexibility index (Phi) is 9.09. The number of methoxy groups -OCH3 is 2. The van der Waals surface area contributed by atoms with Crippen LogP contribution in [-0.4, -0.2) is 64.0 Å². The van der Waals surface area contributed by atoms with E-state index in [1.54, 1.807) is 21.3 Å². The highest BCUT2D eigenvalue weighted by Gasteiger charge is 2.39. The Labute approximate surface area is 242 Å². The van der Waals surface area contributed by atoms with Crippen LogP contribution in [0.3, 0.4) is 0 Å². The van der Waals surface area contributed by atoms with Crippen LogP contribution in [0.15, 0.2) is 71.7 Å². The van der Waals surface area contributed by atoms with E-state index in [9.17, 15) is 4.79 Å². The van der Waals surface area contributed by atoms with Gasteiger partial charge in [0.05, 0.1) is 14.2 Å². The van der Waals surface area contributed by atoms with Crippen LogP contribution in [0.1, 0.15) is 36.0 Å². The van der Waals surface area contributed by atoms with Crippen molar-refractivity contribution in [3.8, 4) is 23.0 Å². The first-order valence-corrected chi connectivity index (χ1v) is 14.1. The Morgan fingerprint density at radius 2 is 1.34 bits per heavy atom. The van der Waals surface area contributed by atoms with E-state index >= 15 is 0 Å². The second-order valence-corrected chi connectivity index (χ2v) is 10.8. The third-order valence-corrected chi connectivity index (χ3v) is 8.26. The van der Waals surface area contributed by atoms with Crippen molar-refractivity contribution in [1.82, 2.24) is 10.2 Å². The number of rotatable bonds is 12. The Bertz CT molecular complexity index is 1330. The van der Waals surface area contributed by atoms with E-state index in [1.165, 1.54) is 0 Å². The standard InChI is InChI=1S/C33H39N3O5/c1-34-31(32(37)35-23-33-14-17-36(18-15-33)19-16-33)26-8-13-29(40-21-24-4-9-27(38-2)10-5-24)30(20-26)41-22-25-6-11-28(39-3)12-7-25/h4-13,20H,14-19,21-23H2,1-3H3,(H,35,37). The Hall–Kier alpha value is -4.04. The van der Waals surface area contributed by atoms with Gasteiger partial charge < -0.3 is 29.2 Å².